The van der Waals surface area contributed by atoms with E-state index in [1.807, 2.05) is 12.1 Å². The van der Waals surface area contributed by atoms with Gasteiger partial charge in [-0.15, -0.1) is 0 Å². The van der Waals surface area contributed by atoms with Crippen LogP contribution in [0.15, 0.2) is 24.3 Å². The minimum Gasteiger partial charge on any atom is -0.309 e. The summed E-state index contributed by atoms with van der Waals surface area (Å²) in [5.74, 6) is 0.783. The van der Waals surface area contributed by atoms with Gasteiger partial charge in [-0.05, 0) is 44.3 Å². The number of nitrogens with zero attached hydrogens (tertiary/aromatic N) is 1. The fraction of sp³-hybridized carbons (Fsp3) is 0.647. The molecular formula is C17H27FN2. The zero-order valence-corrected chi connectivity index (χ0v) is 12.7. The number of halogens is 1. The van der Waals surface area contributed by atoms with Crippen LogP contribution < -0.4 is 5.32 Å². The molecule has 1 aromatic carbocycles. The Balaban J connectivity index is 2.03. The summed E-state index contributed by atoms with van der Waals surface area (Å²) >= 11 is 0. The lowest BCUT2D eigenvalue weighted by molar-refractivity contribution is 0.242. The summed E-state index contributed by atoms with van der Waals surface area (Å²) in [6.07, 6.45) is 3.80. The van der Waals surface area contributed by atoms with Crippen LogP contribution in [0.5, 0.6) is 0 Å². The highest BCUT2D eigenvalue weighted by atomic mass is 19.1. The number of hydrogen-bond donors (Lipinski definition) is 1. The second-order valence-electron chi connectivity index (χ2n) is 5.82. The molecule has 0 radical (unpaired) electrons. The van der Waals surface area contributed by atoms with Gasteiger partial charge in [0.15, 0.2) is 0 Å². The van der Waals surface area contributed by atoms with E-state index in [1.165, 1.54) is 12.8 Å². The van der Waals surface area contributed by atoms with Gasteiger partial charge in [-0.3, -0.25) is 0 Å². The SMILES string of the molecule is CCCNC(CN(CC)CC1CC1)c1ccccc1F. The Morgan fingerprint density at radius 1 is 1.30 bits per heavy atom. The number of hydrogen-bond acceptors (Lipinski definition) is 2. The molecule has 1 aliphatic rings. The van der Waals surface area contributed by atoms with Gasteiger partial charge in [-0.1, -0.05) is 32.0 Å². The van der Waals surface area contributed by atoms with E-state index in [0.717, 1.165) is 44.1 Å². The first kappa shape index (κ1) is 15.5. The molecule has 3 heteroatoms. The zero-order chi connectivity index (χ0) is 14.4. The van der Waals surface area contributed by atoms with Crippen molar-refractivity contribution in [2.45, 2.75) is 39.2 Å². The number of likely N-dealkylation sites (N-methyl/N-ethyl adjacent to an activating group) is 1. The maximum absolute atomic E-state index is 14.0. The molecule has 0 heterocycles. The van der Waals surface area contributed by atoms with Crippen LogP contribution in [0.2, 0.25) is 0 Å². The molecule has 0 amide bonds. The minimum absolute atomic E-state index is 0.0925. The molecule has 1 aromatic rings. The van der Waals surface area contributed by atoms with Crippen molar-refractivity contribution in [3.8, 4) is 0 Å². The van der Waals surface area contributed by atoms with Crippen LogP contribution >= 0.6 is 0 Å². The van der Waals surface area contributed by atoms with Gasteiger partial charge < -0.3 is 10.2 Å². The molecule has 0 saturated heterocycles. The fourth-order valence-electron chi connectivity index (χ4n) is 2.61. The number of nitrogens with one attached hydrogen (secondary N) is 1. The molecule has 2 nitrogen and oxygen atoms in total. The average Bonchev–Trinajstić information content (AvgIpc) is 3.27. The van der Waals surface area contributed by atoms with E-state index in [9.17, 15) is 4.39 Å². The molecule has 1 atom stereocenters. The molecule has 1 unspecified atom stereocenters. The topological polar surface area (TPSA) is 15.3 Å². The summed E-state index contributed by atoms with van der Waals surface area (Å²) in [5, 5.41) is 3.50. The third kappa shape index (κ3) is 4.57. The van der Waals surface area contributed by atoms with E-state index in [2.05, 4.69) is 24.1 Å². The molecule has 1 aliphatic carbocycles. The molecular weight excluding hydrogens is 251 g/mol. The molecule has 1 saturated carbocycles. The highest BCUT2D eigenvalue weighted by molar-refractivity contribution is 5.21. The summed E-state index contributed by atoms with van der Waals surface area (Å²) < 4.78 is 14.0. The van der Waals surface area contributed by atoms with Crippen LogP contribution in [0.25, 0.3) is 0 Å². The summed E-state index contributed by atoms with van der Waals surface area (Å²) in [5.41, 5.74) is 0.801. The smallest absolute Gasteiger partial charge is 0.128 e. The fourth-order valence-corrected chi connectivity index (χ4v) is 2.61. The van der Waals surface area contributed by atoms with E-state index in [1.54, 1.807) is 12.1 Å². The van der Waals surface area contributed by atoms with Gasteiger partial charge in [0.1, 0.15) is 5.82 Å². The zero-order valence-electron chi connectivity index (χ0n) is 12.7. The lowest BCUT2D eigenvalue weighted by Gasteiger charge is -2.28. The second-order valence-corrected chi connectivity index (χ2v) is 5.82. The van der Waals surface area contributed by atoms with Crippen LogP contribution in [-0.2, 0) is 0 Å². The van der Waals surface area contributed by atoms with Gasteiger partial charge in [-0.25, -0.2) is 4.39 Å². The van der Waals surface area contributed by atoms with Crippen LogP contribution in [-0.4, -0.2) is 31.1 Å². The van der Waals surface area contributed by atoms with Crippen molar-refractivity contribution in [3.63, 3.8) is 0 Å². The van der Waals surface area contributed by atoms with Crippen LogP contribution in [0.4, 0.5) is 4.39 Å². The number of benzene rings is 1. The Morgan fingerprint density at radius 2 is 2.05 bits per heavy atom. The largest absolute Gasteiger partial charge is 0.309 e. The summed E-state index contributed by atoms with van der Waals surface area (Å²) in [6.45, 7) is 8.37. The number of rotatable bonds is 9. The molecule has 20 heavy (non-hydrogen) atoms. The standard InChI is InChI=1S/C17H27FN2/c1-3-11-19-17(15-7-5-6-8-16(15)18)13-20(4-2)12-14-9-10-14/h5-8,14,17,19H,3-4,9-13H2,1-2H3. The Labute approximate surface area is 122 Å². The van der Waals surface area contributed by atoms with Crippen LogP contribution in [0.1, 0.15) is 44.7 Å². The van der Waals surface area contributed by atoms with Crippen molar-refractivity contribution >= 4 is 0 Å². The quantitative estimate of drug-likeness (QED) is 0.742. The Hall–Kier alpha value is -0.930. The van der Waals surface area contributed by atoms with E-state index < -0.39 is 0 Å². The highest BCUT2D eigenvalue weighted by Gasteiger charge is 2.25. The third-order valence-electron chi connectivity index (χ3n) is 4.02. The van der Waals surface area contributed by atoms with Crippen molar-refractivity contribution in [2.75, 3.05) is 26.2 Å². The van der Waals surface area contributed by atoms with E-state index in [-0.39, 0.29) is 11.9 Å². The molecule has 0 aliphatic heterocycles. The minimum atomic E-state index is -0.0939. The first-order valence-corrected chi connectivity index (χ1v) is 7.94. The predicted octanol–water partition coefficient (Wildman–Crippen LogP) is 3.60. The second kappa shape index (κ2) is 7.75. The van der Waals surface area contributed by atoms with Crippen molar-refractivity contribution < 1.29 is 4.39 Å². The van der Waals surface area contributed by atoms with Crippen molar-refractivity contribution in [1.29, 1.82) is 0 Å². The highest BCUT2D eigenvalue weighted by Crippen LogP contribution is 2.30. The van der Waals surface area contributed by atoms with Gasteiger partial charge in [0.2, 0.25) is 0 Å². The van der Waals surface area contributed by atoms with E-state index >= 15 is 0 Å². The van der Waals surface area contributed by atoms with Crippen molar-refractivity contribution in [1.82, 2.24) is 10.2 Å². The molecule has 1 N–H and O–H groups in total. The lowest BCUT2D eigenvalue weighted by atomic mass is 10.1. The molecule has 1 fully saturated rings. The normalized spacial score (nSPS) is 16.6. The Bertz CT molecular complexity index is 404. The van der Waals surface area contributed by atoms with Gasteiger partial charge in [0.05, 0.1) is 0 Å². The Kier molecular flexibility index (Phi) is 5.99. The van der Waals surface area contributed by atoms with E-state index in [4.69, 9.17) is 0 Å². The van der Waals surface area contributed by atoms with Crippen LogP contribution in [0, 0.1) is 11.7 Å². The lowest BCUT2D eigenvalue weighted by Crippen LogP contribution is -2.37. The van der Waals surface area contributed by atoms with Gasteiger partial charge in [-0.2, -0.15) is 0 Å². The Morgan fingerprint density at radius 3 is 2.65 bits per heavy atom. The molecule has 0 aromatic heterocycles. The first-order valence-electron chi connectivity index (χ1n) is 7.94. The average molecular weight is 278 g/mol. The van der Waals surface area contributed by atoms with Gasteiger partial charge in [0, 0.05) is 24.7 Å². The summed E-state index contributed by atoms with van der Waals surface area (Å²) in [7, 11) is 0. The first-order chi connectivity index (χ1) is 9.74. The summed E-state index contributed by atoms with van der Waals surface area (Å²) in [6, 6.07) is 7.25. The monoisotopic (exact) mass is 278 g/mol. The maximum Gasteiger partial charge on any atom is 0.128 e. The van der Waals surface area contributed by atoms with Crippen molar-refractivity contribution in [3.05, 3.63) is 35.6 Å². The predicted molar refractivity (Wildman–Crippen MR) is 82.3 cm³/mol. The maximum atomic E-state index is 14.0. The van der Waals surface area contributed by atoms with Crippen molar-refractivity contribution in [2.24, 2.45) is 5.92 Å². The van der Waals surface area contributed by atoms with Gasteiger partial charge in [0.25, 0.3) is 0 Å². The molecule has 0 spiro atoms. The molecule has 2 rings (SSSR count). The van der Waals surface area contributed by atoms with E-state index in [0.29, 0.717) is 0 Å². The molecule has 0 bridgehead atoms. The summed E-state index contributed by atoms with van der Waals surface area (Å²) in [4.78, 5) is 2.46. The van der Waals surface area contributed by atoms with Gasteiger partial charge >= 0.3 is 0 Å². The molecule has 112 valence electrons. The van der Waals surface area contributed by atoms with Crippen LogP contribution in [0.3, 0.4) is 0 Å². The third-order valence-corrected chi connectivity index (χ3v) is 4.02.